The first-order valence-electron chi connectivity index (χ1n) is 7.65. The summed E-state index contributed by atoms with van der Waals surface area (Å²) in [5, 5.41) is 6.70. The van der Waals surface area contributed by atoms with Crippen LogP contribution < -0.4 is 10.6 Å². The number of benzene rings is 1. The average molecular weight is 465 g/mol. The molecule has 2 N–H and O–H groups in total. The molecule has 5 nitrogen and oxygen atoms in total. The molecule has 0 aliphatic heterocycles. The number of rotatable bonds is 8. The van der Waals surface area contributed by atoms with Crippen molar-refractivity contribution >= 4 is 47.4 Å². The Morgan fingerprint density at radius 3 is 2.50 bits per heavy atom. The third-order valence-corrected chi connectivity index (χ3v) is 3.53. The molecule has 0 unspecified atom stereocenters. The number of nitrogens with one attached hydrogen (secondary N) is 2. The van der Waals surface area contributed by atoms with Gasteiger partial charge in [-0.3, -0.25) is 9.79 Å². The molecule has 134 valence electrons. The first kappa shape index (κ1) is 22.7. The predicted molar refractivity (Wildman–Crippen MR) is 113 cm³/mol. The lowest BCUT2D eigenvalue weighted by Crippen LogP contribution is -2.42. The Kier molecular flexibility index (Phi) is 12.4. The van der Waals surface area contributed by atoms with Gasteiger partial charge in [0.15, 0.2) is 5.96 Å². The number of allylic oxidation sites excluding steroid dienone is 1. The van der Waals surface area contributed by atoms with Crippen molar-refractivity contribution in [2.45, 2.75) is 12.8 Å². The van der Waals surface area contributed by atoms with E-state index < -0.39 is 0 Å². The SMILES string of the molecule is C=CCCCN(C)C(=NC)NCCNC(=O)c1ccc(Cl)cc1.I. The van der Waals surface area contributed by atoms with Gasteiger partial charge in [-0.2, -0.15) is 0 Å². The van der Waals surface area contributed by atoms with E-state index in [0.717, 1.165) is 25.3 Å². The minimum absolute atomic E-state index is 0. The van der Waals surface area contributed by atoms with E-state index >= 15 is 0 Å². The Bertz CT molecular complexity index is 534. The highest BCUT2D eigenvalue weighted by Gasteiger charge is 2.06. The molecule has 0 fully saturated rings. The van der Waals surface area contributed by atoms with Crippen LogP contribution >= 0.6 is 35.6 Å². The van der Waals surface area contributed by atoms with Crippen molar-refractivity contribution in [3.8, 4) is 0 Å². The number of hydrogen-bond donors (Lipinski definition) is 2. The van der Waals surface area contributed by atoms with Crippen LogP contribution in [-0.4, -0.2) is 50.5 Å². The van der Waals surface area contributed by atoms with Crippen molar-refractivity contribution in [3.05, 3.63) is 47.5 Å². The molecule has 0 spiro atoms. The van der Waals surface area contributed by atoms with Crippen molar-refractivity contribution in [2.75, 3.05) is 33.7 Å². The number of carbonyl (C=O) groups is 1. The molecule has 0 heterocycles. The fraction of sp³-hybridized carbons (Fsp3) is 0.412. The van der Waals surface area contributed by atoms with Gasteiger partial charge in [-0.05, 0) is 37.1 Å². The second-order valence-electron chi connectivity index (χ2n) is 5.09. The van der Waals surface area contributed by atoms with Crippen LogP contribution in [0.2, 0.25) is 5.02 Å². The Morgan fingerprint density at radius 2 is 1.92 bits per heavy atom. The zero-order chi connectivity index (χ0) is 17.1. The predicted octanol–water partition coefficient (Wildman–Crippen LogP) is 3.16. The molecule has 0 aliphatic carbocycles. The molecule has 24 heavy (non-hydrogen) atoms. The van der Waals surface area contributed by atoms with E-state index in [4.69, 9.17) is 11.6 Å². The number of unbranched alkanes of at least 4 members (excludes halogenated alkanes) is 1. The van der Waals surface area contributed by atoms with Gasteiger partial charge in [0.2, 0.25) is 0 Å². The third kappa shape index (κ3) is 8.54. The molecular weight excluding hydrogens is 439 g/mol. The van der Waals surface area contributed by atoms with Gasteiger partial charge in [-0.25, -0.2) is 0 Å². The van der Waals surface area contributed by atoms with Crippen molar-refractivity contribution in [1.82, 2.24) is 15.5 Å². The summed E-state index contributed by atoms with van der Waals surface area (Å²) in [6.45, 7) is 5.75. The molecule has 0 saturated heterocycles. The van der Waals surface area contributed by atoms with Crippen LogP contribution in [-0.2, 0) is 0 Å². The largest absolute Gasteiger partial charge is 0.354 e. The first-order chi connectivity index (χ1) is 11.1. The van der Waals surface area contributed by atoms with E-state index in [0.29, 0.717) is 23.7 Å². The van der Waals surface area contributed by atoms with Gasteiger partial charge in [0.1, 0.15) is 0 Å². The highest BCUT2D eigenvalue weighted by Crippen LogP contribution is 2.09. The molecule has 1 amide bonds. The number of hydrogen-bond acceptors (Lipinski definition) is 2. The average Bonchev–Trinajstić information content (AvgIpc) is 2.55. The monoisotopic (exact) mass is 464 g/mol. The second kappa shape index (κ2) is 13.1. The first-order valence-corrected chi connectivity index (χ1v) is 8.02. The molecule has 0 radical (unpaired) electrons. The van der Waals surface area contributed by atoms with Gasteiger partial charge >= 0.3 is 0 Å². The zero-order valence-electron chi connectivity index (χ0n) is 14.2. The minimum Gasteiger partial charge on any atom is -0.354 e. The Morgan fingerprint density at radius 1 is 1.29 bits per heavy atom. The molecular formula is C17H26ClIN4O. The molecule has 1 rings (SSSR count). The summed E-state index contributed by atoms with van der Waals surface area (Å²) in [6, 6.07) is 6.82. The summed E-state index contributed by atoms with van der Waals surface area (Å²) < 4.78 is 0. The quantitative estimate of drug-likeness (QED) is 0.204. The van der Waals surface area contributed by atoms with Gasteiger partial charge in [-0.15, -0.1) is 30.6 Å². The molecule has 0 bridgehead atoms. The maximum absolute atomic E-state index is 11.9. The van der Waals surface area contributed by atoms with Gasteiger partial charge in [-0.1, -0.05) is 17.7 Å². The van der Waals surface area contributed by atoms with Gasteiger partial charge < -0.3 is 15.5 Å². The Labute approximate surface area is 166 Å². The van der Waals surface area contributed by atoms with E-state index in [1.54, 1.807) is 31.3 Å². The van der Waals surface area contributed by atoms with Crippen molar-refractivity contribution < 1.29 is 4.79 Å². The third-order valence-electron chi connectivity index (χ3n) is 3.28. The van der Waals surface area contributed by atoms with Crippen LogP contribution in [0.1, 0.15) is 23.2 Å². The number of guanidine groups is 1. The summed E-state index contributed by atoms with van der Waals surface area (Å²) in [6.07, 6.45) is 3.93. The van der Waals surface area contributed by atoms with Gasteiger partial charge in [0.25, 0.3) is 5.91 Å². The summed E-state index contributed by atoms with van der Waals surface area (Å²) >= 11 is 5.80. The fourth-order valence-corrected chi connectivity index (χ4v) is 2.14. The lowest BCUT2D eigenvalue weighted by atomic mass is 10.2. The van der Waals surface area contributed by atoms with Crippen LogP contribution in [0, 0.1) is 0 Å². The highest BCUT2D eigenvalue weighted by molar-refractivity contribution is 14.0. The van der Waals surface area contributed by atoms with Gasteiger partial charge in [0.05, 0.1) is 0 Å². The summed E-state index contributed by atoms with van der Waals surface area (Å²) in [4.78, 5) is 18.2. The maximum atomic E-state index is 11.9. The number of halogens is 2. The van der Waals surface area contributed by atoms with Gasteiger partial charge in [0, 0.05) is 44.3 Å². The van der Waals surface area contributed by atoms with Crippen molar-refractivity contribution in [1.29, 1.82) is 0 Å². The van der Waals surface area contributed by atoms with Crippen LogP contribution in [0.25, 0.3) is 0 Å². The number of carbonyl (C=O) groups excluding carboxylic acids is 1. The van der Waals surface area contributed by atoms with Crippen LogP contribution in [0.3, 0.4) is 0 Å². The Balaban J connectivity index is 0.00000529. The zero-order valence-corrected chi connectivity index (χ0v) is 17.3. The summed E-state index contributed by atoms with van der Waals surface area (Å²) in [5.74, 6) is 0.701. The second-order valence-corrected chi connectivity index (χ2v) is 5.53. The standard InChI is InChI=1S/C17H25ClN4O.HI/c1-4-5-6-13-22(3)17(19-2)21-12-11-20-16(23)14-7-9-15(18)10-8-14;/h4,7-10H,1,5-6,11-13H2,2-3H3,(H,19,21)(H,20,23);1H. The van der Waals surface area contributed by atoms with Crippen LogP contribution in [0.5, 0.6) is 0 Å². The maximum Gasteiger partial charge on any atom is 0.251 e. The molecule has 0 atom stereocenters. The highest BCUT2D eigenvalue weighted by atomic mass is 127. The van der Waals surface area contributed by atoms with E-state index in [1.165, 1.54) is 0 Å². The van der Waals surface area contributed by atoms with Crippen molar-refractivity contribution in [3.63, 3.8) is 0 Å². The number of nitrogens with zero attached hydrogens (tertiary/aromatic N) is 2. The molecule has 0 aromatic heterocycles. The van der Waals surface area contributed by atoms with E-state index in [2.05, 4.69) is 27.1 Å². The lowest BCUT2D eigenvalue weighted by Gasteiger charge is -2.21. The van der Waals surface area contributed by atoms with E-state index in [1.807, 2.05) is 13.1 Å². The van der Waals surface area contributed by atoms with Crippen LogP contribution in [0.15, 0.2) is 41.9 Å². The normalized spacial score (nSPS) is 10.5. The fourth-order valence-electron chi connectivity index (χ4n) is 2.02. The smallest absolute Gasteiger partial charge is 0.251 e. The molecule has 0 aliphatic rings. The Hall–Kier alpha value is -1.28. The number of aliphatic imine (C=N–C) groups is 1. The van der Waals surface area contributed by atoms with E-state index in [9.17, 15) is 4.79 Å². The topological polar surface area (TPSA) is 56.7 Å². The summed E-state index contributed by atoms with van der Waals surface area (Å²) in [7, 11) is 3.74. The number of amides is 1. The molecule has 1 aromatic carbocycles. The molecule has 0 saturated carbocycles. The molecule has 1 aromatic rings. The molecule has 7 heteroatoms. The van der Waals surface area contributed by atoms with Crippen molar-refractivity contribution in [2.24, 2.45) is 4.99 Å². The van der Waals surface area contributed by atoms with E-state index in [-0.39, 0.29) is 29.9 Å². The lowest BCUT2D eigenvalue weighted by molar-refractivity contribution is 0.0954. The summed E-state index contributed by atoms with van der Waals surface area (Å²) in [5.41, 5.74) is 0.598. The minimum atomic E-state index is -0.113. The van der Waals surface area contributed by atoms with Crippen LogP contribution in [0.4, 0.5) is 0 Å².